The van der Waals surface area contributed by atoms with Gasteiger partial charge in [-0.15, -0.1) is 10.1 Å². The second kappa shape index (κ2) is 24.2. The molecule has 1 aliphatic rings. The maximum atomic E-state index is 12.1. The highest BCUT2D eigenvalue weighted by Crippen LogP contribution is 2.29. The predicted molar refractivity (Wildman–Crippen MR) is 163 cm³/mol. The molecule has 236 valence electrons. The minimum absolute atomic E-state index is 0.0319. The van der Waals surface area contributed by atoms with Crippen molar-refractivity contribution in [3.05, 3.63) is 58.2 Å². The largest absolute Gasteiger partial charge is 0.464 e. The number of carbonyl (C=O) groups is 3. The minimum Gasteiger partial charge on any atom is -0.464 e. The number of amides is 2. The fourth-order valence-electron chi connectivity index (χ4n) is 4.85. The highest BCUT2D eigenvalue weighted by atomic mass is 16.9. The summed E-state index contributed by atoms with van der Waals surface area (Å²) in [6.07, 6.45) is 19.2. The number of unbranched alkanes of at least 4 members (excludes halogenated alkanes) is 4. The highest BCUT2D eigenvalue weighted by molar-refractivity contribution is 5.85. The molecule has 2 amide bonds. The zero-order valence-corrected chi connectivity index (χ0v) is 25.3. The summed E-state index contributed by atoms with van der Waals surface area (Å²) in [5.74, 6) is -0.470. The van der Waals surface area contributed by atoms with Crippen LogP contribution < -0.4 is 11.1 Å². The van der Waals surface area contributed by atoms with Crippen LogP contribution in [-0.2, 0) is 30.4 Å². The van der Waals surface area contributed by atoms with Gasteiger partial charge in [-0.25, -0.2) is 4.79 Å². The molecule has 0 spiro atoms. The van der Waals surface area contributed by atoms with Gasteiger partial charge in [0, 0.05) is 12.8 Å². The maximum absolute atomic E-state index is 12.1. The molecule has 1 aromatic carbocycles. The van der Waals surface area contributed by atoms with Crippen LogP contribution in [0.25, 0.3) is 0 Å². The SMILES string of the molecule is C/C=C\CCCC(=O)NC(CCC(N)=O)C(=O)OCCCCO[N+](=O)[O-].c1ccc(CCCCCC2CCCC2)cc1. The van der Waals surface area contributed by atoms with E-state index in [9.17, 15) is 24.5 Å². The van der Waals surface area contributed by atoms with E-state index in [0.717, 1.165) is 12.3 Å². The lowest BCUT2D eigenvalue weighted by atomic mass is 9.98. The van der Waals surface area contributed by atoms with Crippen molar-refractivity contribution < 1.29 is 29.0 Å². The normalized spacial score (nSPS) is 13.6. The third-order valence-corrected chi connectivity index (χ3v) is 7.18. The topological polar surface area (TPSA) is 151 Å². The molecule has 0 radical (unpaired) electrons. The Kier molecular flexibility index (Phi) is 21.1. The van der Waals surface area contributed by atoms with Gasteiger partial charge in [-0.1, -0.05) is 87.4 Å². The summed E-state index contributed by atoms with van der Waals surface area (Å²) >= 11 is 0. The number of allylic oxidation sites excluding steroid dienone is 2. The maximum Gasteiger partial charge on any atom is 0.328 e. The number of nitrogens with zero attached hydrogens (tertiary/aromatic N) is 1. The molecule has 1 atom stereocenters. The van der Waals surface area contributed by atoms with Crippen LogP contribution in [0.4, 0.5) is 0 Å². The lowest BCUT2D eigenvalue weighted by molar-refractivity contribution is -0.757. The fourth-order valence-corrected chi connectivity index (χ4v) is 4.85. The first-order valence-electron chi connectivity index (χ1n) is 15.5. The number of aryl methyl sites for hydroxylation is 1. The fraction of sp³-hybridized carbons (Fsp3) is 0.656. The number of ether oxygens (including phenoxy) is 1. The number of nitrogens with one attached hydrogen (secondary N) is 1. The predicted octanol–water partition coefficient (Wildman–Crippen LogP) is 5.99. The standard InChI is InChI=1S/C16H27N3O7.C16H24/c1-2-3-4-5-8-15(21)18-13(9-10-14(17)20)16(22)25-11-6-7-12-26-19(23)24;1-3-9-15(10-4-1)11-5-2-6-12-16-13-7-8-14-16/h2-3,13H,4-12H2,1H3,(H2,17,20)(H,18,21);1,3-4,9-10,16H,2,5-8,11-14H2/b3-2-;. The van der Waals surface area contributed by atoms with Gasteiger partial charge in [0.1, 0.15) is 6.04 Å². The van der Waals surface area contributed by atoms with Crippen molar-refractivity contribution in [1.82, 2.24) is 5.32 Å². The van der Waals surface area contributed by atoms with Crippen LogP contribution in [-0.4, -0.2) is 42.1 Å². The molecule has 1 aliphatic carbocycles. The number of hydrogen-bond acceptors (Lipinski definition) is 7. The van der Waals surface area contributed by atoms with Gasteiger partial charge in [0.15, 0.2) is 0 Å². The number of carbonyl (C=O) groups excluding carboxylic acids is 3. The van der Waals surface area contributed by atoms with Gasteiger partial charge in [-0.2, -0.15) is 0 Å². The minimum atomic E-state index is -0.952. The first kappa shape index (κ1) is 36.6. The summed E-state index contributed by atoms with van der Waals surface area (Å²) in [7, 11) is 0. The van der Waals surface area contributed by atoms with E-state index in [4.69, 9.17) is 10.5 Å². The zero-order valence-electron chi connectivity index (χ0n) is 25.3. The van der Waals surface area contributed by atoms with Gasteiger partial charge in [0.05, 0.1) is 13.2 Å². The van der Waals surface area contributed by atoms with Crippen LogP contribution in [0.1, 0.15) is 109 Å². The Balaban J connectivity index is 0.000000465. The molecule has 10 nitrogen and oxygen atoms in total. The van der Waals surface area contributed by atoms with Crippen LogP contribution >= 0.6 is 0 Å². The summed E-state index contributed by atoms with van der Waals surface area (Å²) in [6, 6.07) is 9.94. The number of nitrogens with two attached hydrogens (primary N) is 1. The van der Waals surface area contributed by atoms with Gasteiger partial charge in [0.2, 0.25) is 11.8 Å². The number of esters is 1. The van der Waals surface area contributed by atoms with Crippen LogP contribution in [0.5, 0.6) is 0 Å². The Morgan fingerprint density at radius 3 is 2.40 bits per heavy atom. The van der Waals surface area contributed by atoms with Crippen LogP contribution in [0.15, 0.2) is 42.5 Å². The molecular formula is C32H51N3O7. The van der Waals surface area contributed by atoms with Gasteiger partial charge < -0.3 is 20.6 Å². The zero-order chi connectivity index (χ0) is 30.8. The number of hydrogen-bond donors (Lipinski definition) is 2. The van der Waals surface area contributed by atoms with E-state index < -0.39 is 23.0 Å². The highest BCUT2D eigenvalue weighted by Gasteiger charge is 2.22. The monoisotopic (exact) mass is 589 g/mol. The van der Waals surface area contributed by atoms with Crippen molar-refractivity contribution in [2.75, 3.05) is 13.2 Å². The first-order chi connectivity index (χ1) is 20.3. The Bertz CT molecular complexity index is 918. The molecule has 10 heteroatoms. The molecule has 2 rings (SSSR count). The van der Waals surface area contributed by atoms with Gasteiger partial charge >= 0.3 is 5.97 Å². The Morgan fingerprint density at radius 2 is 1.74 bits per heavy atom. The summed E-state index contributed by atoms with van der Waals surface area (Å²) in [4.78, 5) is 49.0. The molecule has 0 saturated heterocycles. The second-order valence-electron chi connectivity index (χ2n) is 10.8. The lowest BCUT2D eigenvalue weighted by Crippen LogP contribution is -2.42. The summed E-state index contributed by atoms with van der Waals surface area (Å²) in [5.41, 5.74) is 6.59. The Morgan fingerprint density at radius 1 is 1.02 bits per heavy atom. The van der Waals surface area contributed by atoms with Crippen LogP contribution in [0.3, 0.4) is 0 Å². The summed E-state index contributed by atoms with van der Waals surface area (Å²) in [5, 5.41) is 11.7. The molecule has 3 N–H and O–H groups in total. The van der Waals surface area contributed by atoms with Crippen molar-refractivity contribution in [3.63, 3.8) is 0 Å². The van der Waals surface area contributed by atoms with Crippen molar-refractivity contribution in [1.29, 1.82) is 0 Å². The molecule has 1 saturated carbocycles. The second-order valence-corrected chi connectivity index (χ2v) is 10.8. The molecule has 0 heterocycles. The molecular weight excluding hydrogens is 538 g/mol. The average molecular weight is 590 g/mol. The first-order valence-corrected chi connectivity index (χ1v) is 15.5. The van der Waals surface area contributed by atoms with E-state index in [0.29, 0.717) is 19.3 Å². The molecule has 42 heavy (non-hydrogen) atoms. The van der Waals surface area contributed by atoms with E-state index in [-0.39, 0.29) is 38.4 Å². The third-order valence-electron chi connectivity index (χ3n) is 7.18. The number of benzene rings is 1. The molecule has 0 aromatic heterocycles. The van der Waals surface area contributed by atoms with Crippen molar-refractivity contribution in [3.8, 4) is 0 Å². The van der Waals surface area contributed by atoms with Crippen LogP contribution in [0.2, 0.25) is 0 Å². The van der Waals surface area contributed by atoms with Crippen molar-refractivity contribution in [2.45, 2.75) is 116 Å². The van der Waals surface area contributed by atoms with E-state index >= 15 is 0 Å². The summed E-state index contributed by atoms with van der Waals surface area (Å²) in [6.45, 7) is 1.84. The van der Waals surface area contributed by atoms with Crippen molar-refractivity contribution >= 4 is 17.8 Å². The quantitative estimate of drug-likeness (QED) is 0.0587. The van der Waals surface area contributed by atoms with E-state index in [2.05, 4.69) is 40.5 Å². The molecule has 0 bridgehead atoms. The van der Waals surface area contributed by atoms with E-state index in [1.165, 1.54) is 63.4 Å². The lowest BCUT2D eigenvalue weighted by Gasteiger charge is -2.17. The molecule has 1 aromatic rings. The van der Waals surface area contributed by atoms with Crippen molar-refractivity contribution in [2.24, 2.45) is 11.7 Å². The number of primary amides is 1. The van der Waals surface area contributed by atoms with Gasteiger partial charge in [-0.05, 0) is 63.4 Å². The van der Waals surface area contributed by atoms with E-state index in [1.54, 1.807) is 0 Å². The van der Waals surface area contributed by atoms with Gasteiger partial charge in [0.25, 0.3) is 5.09 Å². The Hall–Kier alpha value is -3.43. The number of rotatable bonds is 21. The average Bonchev–Trinajstić information content (AvgIpc) is 3.49. The van der Waals surface area contributed by atoms with Crippen LogP contribution in [0, 0.1) is 16.0 Å². The molecule has 1 fully saturated rings. The Labute approximate surface area is 250 Å². The third kappa shape index (κ3) is 20.4. The molecule has 1 unspecified atom stereocenters. The molecule has 0 aliphatic heterocycles. The summed E-state index contributed by atoms with van der Waals surface area (Å²) < 4.78 is 5.05. The smallest absolute Gasteiger partial charge is 0.328 e. The van der Waals surface area contributed by atoms with E-state index in [1.807, 2.05) is 19.1 Å². The van der Waals surface area contributed by atoms with Gasteiger partial charge in [-0.3, -0.25) is 9.59 Å².